The van der Waals surface area contributed by atoms with Crippen molar-refractivity contribution >= 4 is 25.8 Å². The van der Waals surface area contributed by atoms with Crippen LogP contribution >= 0.6 is 0 Å². The Hall–Kier alpha value is -1.65. The summed E-state index contributed by atoms with van der Waals surface area (Å²) >= 11 is 0. The molecule has 0 amide bonds. The van der Waals surface area contributed by atoms with Crippen LogP contribution in [0.2, 0.25) is 0 Å². The zero-order valence-corrected chi connectivity index (χ0v) is 14.4. The molecule has 0 saturated heterocycles. The van der Waals surface area contributed by atoms with Crippen molar-refractivity contribution < 1.29 is 31.5 Å². The van der Waals surface area contributed by atoms with Gasteiger partial charge >= 0.3 is 5.97 Å². The van der Waals surface area contributed by atoms with Gasteiger partial charge in [-0.1, -0.05) is 6.92 Å². The lowest BCUT2D eigenvalue weighted by molar-refractivity contribution is -0.139. The molecule has 1 aromatic carbocycles. The lowest BCUT2D eigenvalue weighted by atomic mass is 10.2. The first-order valence-electron chi connectivity index (χ1n) is 6.71. The topological polar surface area (TPSA) is 127 Å². The number of nitrogens with one attached hydrogen (secondary N) is 1. The quantitative estimate of drug-likeness (QED) is 0.642. The van der Waals surface area contributed by atoms with Gasteiger partial charge in [0.2, 0.25) is 10.0 Å². The Morgan fingerprint density at radius 1 is 1.22 bits per heavy atom. The Bertz CT molecular complexity index is 739. The second-order valence-electron chi connectivity index (χ2n) is 4.71. The average molecular weight is 365 g/mol. The summed E-state index contributed by atoms with van der Waals surface area (Å²) in [6, 6.07) is 3.85. The Labute approximate surface area is 135 Å². The van der Waals surface area contributed by atoms with E-state index in [0.29, 0.717) is 5.75 Å². The molecule has 2 N–H and O–H groups in total. The predicted octanol–water partition coefficient (Wildman–Crippen LogP) is 0.252. The number of carboxylic acid groups (broad SMARTS) is 1. The predicted molar refractivity (Wildman–Crippen MR) is 83.7 cm³/mol. The van der Waals surface area contributed by atoms with E-state index in [0.717, 1.165) is 0 Å². The number of aliphatic carboxylic acids is 1. The van der Waals surface area contributed by atoms with Crippen molar-refractivity contribution in [1.82, 2.24) is 4.72 Å². The van der Waals surface area contributed by atoms with Crippen LogP contribution in [0.3, 0.4) is 0 Å². The third-order valence-corrected chi connectivity index (χ3v) is 6.35. The van der Waals surface area contributed by atoms with Crippen LogP contribution in [0.15, 0.2) is 29.2 Å². The number of sulfonamides is 1. The smallest absolute Gasteiger partial charge is 0.321 e. The minimum atomic E-state index is -4.09. The van der Waals surface area contributed by atoms with E-state index < -0.39 is 37.6 Å². The molecule has 0 radical (unpaired) electrons. The van der Waals surface area contributed by atoms with E-state index in [-0.39, 0.29) is 17.1 Å². The normalized spacial score (nSPS) is 13.5. The highest BCUT2D eigenvalue weighted by Crippen LogP contribution is 2.16. The number of sulfone groups is 1. The van der Waals surface area contributed by atoms with Gasteiger partial charge in [0.05, 0.1) is 17.8 Å². The number of methoxy groups -OCH3 is 1. The summed E-state index contributed by atoms with van der Waals surface area (Å²) in [5.74, 6) is -1.53. The van der Waals surface area contributed by atoms with Gasteiger partial charge in [0.15, 0.2) is 0 Å². The van der Waals surface area contributed by atoms with Gasteiger partial charge in [0, 0.05) is 5.75 Å². The van der Waals surface area contributed by atoms with Gasteiger partial charge in [0.25, 0.3) is 0 Å². The number of hydrogen-bond acceptors (Lipinski definition) is 6. The number of hydrogen-bond donors (Lipinski definition) is 2. The Morgan fingerprint density at radius 2 is 1.78 bits per heavy atom. The first kappa shape index (κ1) is 19.4. The van der Waals surface area contributed by atoms with Gasteiger partial charge in [-0.25, -0.2) is 16.8 Å². The number of ether oxygens (including phenoxy) is 1. The van der Waals surface area contributed by atoms with Crippen molar-refractivity contribution in [3.8, 4) is 5.75 Å². The number of benzene rings is 1. The van der Waals surface area contributed by atoms with Crippen LogP contribution < -0.4 is 9.46 Å². The molecule has 1 aromatic rings. The molecule has 0 aromatic heterocycles. The van der Waals surface area contributed by atoms with Crippen molar-refractivity contribution in [3.05, 3.63) is 24.3 Å². The highest BCUT2D eigenvalue weighted by Gasteiger charge is 2.26. The van der Waals surface area contributed by atoms with E-state index in [4.69, 9.17) is 9.84 Å². The SMILES string of the molecule is CCS(=O)(=O)CCC(NS(=O)(=O)c1ccc(OC)cc1)C(=O)O. The molecule has 0 heterocycles. The number of rotatable bonds is 9. The molecule has 1 rings (SSSR count). The van der Waals surface area contributed by atoms with Crippen molar-refractivity contribution in [2.24, 2.45) is 0 Å². The van der Waals surface area contributed by atoms with Crippen LogP contribution in [0.5, 0.6) is 5.75 Å². The molecule has 0 bridgehead atoms. The minimum Gasteiger partial charge on any atom is -0.497 e. The lowest BCUT2D eigenvalue weighted by Gasteiger charge is -2.15. The summed E-state index contributed by atoms with van der Waals surface area (Å²) < 4.78 is 54.2. The van der Waals surface area contributed by atoms with E-state index in [1.54, 1.807) is 0 Å². The molecule has 0 spiro atoms. The third kappa shape index (κ3) is 5.81. The van der Waals surface area contributed by atoms with Crippen LogP contribution in [0, 0.1) is 0 Å². The molecule has 23 heavy (non-hydrogen) atoms. The van der Waals surface area contributed by atoms with Gasteiger partial charge in [-0.3, -0.25) is 4.79 Å². The molecule has 1 unspecified atom stereocenters. The summed E-state index contributed by atoms with van der Waals surface area (Å²) in [4.78, 5) is 11.0. The van der Waals surface area contributed by atoms with Gasteiger partial charge < -0.3 is 9.84 Å². The second-order valence-corrected chi connectivity index (χ2v) is 8.90. The summed E-state index contributed by atoms with van der Waals surface area (Å²) in [6.07, 6.45) is -0.346. The standard InChI is InChI=1S/C13H19NO7S2/c1-3-22(17,18)9-8-12(13(15)16)14-23(19,20)11-6-4-10(21-2)5-7-11/h4-7,12,14H,3,8-9H2,1-2H3,(H,15,16). The molecule has 0 aliphatic carbocycles. The largest absolute Gasteiger partial charge is 0.497 e. The van der Waals surface area contributed by atoms with E-state index in [2.05, 4.69) is 0 Å². The van der Waals surface area contributed by atoms with Crippen LogP contribution in [-0.4, -0.2) is 52.6 Å². The first-order chi connectivity index (χ1) is 10.6. The van der Waals surface area contributed by atoms with E-state index in [1.165, 1.54) is 38.3 Å². The maximum absolute atomic E-state index is 12.2. The fourth-order valence-corrected chi connectivity index (χ4v) is 3.79. The van der Waals surface area contributed by atoms with Crippen molar-refractivity contribution in [2.75, 3.05) is 18.6 Å². The summed E-state index contributed by atoms with van der Waals surface area (Å²) in [5, 5.41) is 9.09. The van der Waals surface area contributed by atoms with Crippen LogP contribution in [0.1, 0.15) is 13.3 Å². The maximum atomic E-state index is 12.2. The molecular formula is C13H19NO7S2. The Morgan fingerprint density at radius 3 is 2.22 bits per heavy atom. The van der Waals surface area contributed by atoms with E-state index in [9.17, 15) is 21.6 Å². The van der Waals surface area contributed by atoms with Crippen LogP contribution in [0.25, 0.3) is 0 Å². The fraction of sp³-hybridized carbons (Fsp3) is 0.462. The van der Waals surface area contributed by atoms with Crippen LogP contribution in [0.4, 0.5) is 0 Å². The summed E-state index contributed by atoms with van der Waals surface area (Å²) in [6.45, 7) is 1.44. The molecule has 1 atom stereocenters. The monoisotopic (exact) mass is 365 g/mol. The molecule has 0 aliphatic rings. The van der Waals surface area contributed by atoms with Crippen LogP contribution in [-0.2, 0) is 24.7 Å². The van der Waals surface area contributed by atoms with Crippen molar-refractivity contribution in [3.63, 3.8) is 0 Å². The van der Waals surface area contributed by atoms with Gasteiger partial charge in [-0.15, -0.1) is 0 Å². The molecule has 10 heteroatoms. The van der Waals surface area contributed by atoms with E-state index >= 15 is 0 Å². The zero-order chi connectivity index (χ0) is 17.7. The Balaban J connectivity index is 2.91. The highest BCUT2D eigenvalue weighted by atomic mass is 32.2. The molecular weight excluding hydrogens is 346 g/mol. The third-order valence-electron chi connectivity index (χ3n) is 3.12. The molecule has 0 fully saturated rings. The van der Waals surface area contributed by atoms with Gasteiger partial charge in [-0.2, -0.15) is 4.72 Å². The Kier molecular flexibility index (Phi) is 6.54. The van der Waals surface area contributed by atoms with Gasteiger partial charge in [-0.05, 0) is 30.7 Å². The second kappa shape index (κ2) is 7.75. The molecule has 8 nitrogen and oxygen atoms in total. The molecule has 0 aliphatic heterocycles. The average Bonchev–Trinajstić information content (AvgIpc) is 2.51. The van der Waals surface area contributed by atoms with E-state index in [1.807, 2.05) is 4.72 Å². The fourth-order valence-electron chi connectivity index (χ4n) is 1.68. The zero-order valence-electron chi connectivity index (χ0n) is 12.7. The number of carboxylic acids is 1. The summed E-state index contributed by atoms with van der Waals surface area (Å²) in [5.41, 5.74) is 0. The van der Waals surface area contributed by atoms with Crippen molar-refractivity contribution in [1.29, 1.82) is 0 Å². The number of carbonyl (C=O) groups is 1. The summed E-state index contributed by atoms with van der Waals surface area (Å²) in [7, 11) is -6.05. The van der Waals surface area contributed by atoms with Crippen molar-refractivity contribution in [2.45, 2.75) is 24.3 Å². The molecule has 0 saturated carbocycles. The highest BCUT2D eigenvalue weighted by molar-refractivity contribution is 7.91. The first-order valence-corrected chi connectivity index (χ1v) is 10.0. The molecule has 130 valence electrons. The maximum Gasteiger partial charge on any atom is 0.321 e. The minimum absolute atomic E-state index is 0.134. The van der Waals surface area contributed by atoms with Gasteiger partial charge in [0.1, 0.15) is 21.6 Å². The lowest BCUT2D eigenvalue weighted by Crippen LogP contribution is -2.41.